The maximum Gasteiger partial charge on any atom is 0.180 e. The average Bonchev–Trinajstić information content (AvgIpc) is 2.53. The van der Waals surface area contributed by atoms with Gasteiger partial charge in [-0.05, 0) is 25.0 Å². The molecule has 20 heavy (non-hydrogen) atoms. The largest absolute Gasteiger partial charge is 0.353 e. The van der Waals surface area contributed by atoms with Gasteiger partial charge in [0.25, 0.3) is 0 Å². The summed E-state index contributed by atoms with van der Waals surface area (Å²) in [5, 5.41) is 0.962. The molecule has 3 rings (SSSR count). The molecule has 106 valence electrons. The maximum absolute atomic E-state index is 4.70. The molecular formula is C15H19BrN4. The zero-order valence-electron chi connectivity index (χ0n) is 11.5. The van der Waals surface area contributed by atoms with Gasteiger partial charge >= 0.3 is 0 Å². The van der Waals surface area contributed by atoms with E-state index in [0.29, 0.717) is 6.04 Å². The van der Waals surface area contributed by atoms with E-state index in [9.17, 15) is 0 Å². The van der Waals surface area contributed by atoms with E-state index in [1.54, 1.807) is 12.4 Å². The second-order valence-electron chi connectivity index (χ2n) is 5.24. The highest BCUT2D eigenvalue weighted by Crippen LogP contribution is 2.27. The van der Waals surface area contributed by atoms with Crippen molar-refractivity contribution in [2.75, 3.05) is 16.8 Å². The van der Waals surface area contributed by atoms with Crippen molar-refractivity contribution >= 4 is 32.9 Å². The Kier molecular flexibility index (Phi) is 4.45. The number of nitrogens with zero attached hydrogens (tertiary/aromatic N) is 4. The normalized spacial score (nSPS) is 16.4. The van der Waals surface area contributed by atoms with Gasteiger partial charge in [-0.15, -0.1) is 0 Å². The van der Waals surface area contributed by atoms with Crippen molar-refractivity contribution in [3.8, 4) is 0 Å². The van der Waals surface area contributed by atoms with E-state index < -0.39 is 0 Å². The highest BCUT2D eigenvalue weighted by atomic mass is 79.9. The zero-order chi connectivity index (χ0) is 13.8. The minimum Gasteiger partial charge on any atom is -0.353 e. The van der Waals surface area contributed by atoms with Crippen molar-refractivity contribution in [1.29, 1.82) is 0 Å². The molecule has 0 spiro atoms. The summed E-state index contributed by atoms with van der Waals surface area (Å²) in [4.78, 5) is 15.7. The molecule has 0 aromatic carbocycles. The van der Waals surface area contributed by atoms with Crippen molar-refractivity contribution in [1.82, 2.24) is 15.0 Å². The number of alkyl halides is 1. The van der Waals surface area contributed by atoms with E-state index in [4.69, 9.17) is 4.98 Å². The molecule has 0 aliphatic heterocycles. The summed E-state index contributed by atoms with van der Waals surface area (Å²) in [6.45, 7) is 0.990. The number of hydrogen-bond acceptors (Lipinski definition) is 4. The van der Waals surface area contributed by atoms with Gasteiger partial charge in [0.2, 0.25) is 0 Å². The van der Waals surface area contributed by atoms with Gasteiger partial charge in [-0.25, -0.2) is 9.97 Å². The molecule has 2 aromatic heterocycles. The molecule has 0 unspecified atom stereocenters. The number of aromatic nitrogens is 3. The van der Waals surface area contributed by atoms with Gasteiger partial charge in [0.05, 0.1) is 0 Å². The van der Waals surface area contributed by atoms with Crippen molar-refractivity contribution in [3.63, 3.8) is 0 Å². The third-order valence-corrected chi connectivity index (χ3v) is 4.31. The lowest BCUT2D eigenvalue weighted by Crippen LogP contribution is -2.38. The Balaban J connectivity index is 1.91. The molecule has 0 bridgehead atoms. The minimum atomic E-state index is 0.614. The molecule has 4 nitrogen and oxygen atoms in total. The lowest BCUT2D eigenvalue weighted by Gasteiger charge is -2.35. The highest BCUT2D eigenvalue weighted by molar-refractivity contribution is 9.09. The van der Waals surface area contributed by atoms with Gasteiger partial charge in [0.1, 0.15) is 11.3 Å². The third-order valence-electron chi connectivity index (χ3n) is 3.95. The Labute approximate surface area is 127 Å². The standard InChI is InChI=1S/C15H19BrN4/c16-8-11-20(12-4-2-1-3-5-12)14-7-6-13-15(19-14)18-10-9-17-13/h6-7,9-10,12H,1-5,8,11H2. The van der Waals surface area contributed by atoms with Crippen LogP contribution in [0.5, 0.6) is 0 Å². The zero-order valence-corrected chi connectivity index (χ0v) is 13.1. The Morgan fingerprint density at radius 3 is 2.70 bits per heavy atom. The fourth-order valence-corrected chi connectivity index (χ4v) is 3.35. The molecule has 5 heteroatoms. The number of anilines is 1. The van der Waals surface area contributed by atoms with Crippen LogP contribution in [0.15, 0.2) is 24.5 Å². The first-order valence-corrected chi connectivity index (χ1v) is 8.41. The summed E-state index contributed by atoms with van der Waals surface area (Å²) in [5.74, 6) is 1.03. The van der Waals surface area contributed by atoms with Crippen LogP contribution in [0.3, 0.4) is 0 Å². The summed E-state index contributed by atoms with van der Waals surface area (Å²) in [6.07, 6.45) is 9.99. The molecule has 1 fully saturated rings. The summed E-state index contributed by atoms with van der Waals surface area (Å²) >= 11 is 3.57. The van der Waals surface area contributed by atoms with Crippen molar-refractivity contribution in [2.24, 2.45) is 0 Å². The van der Waals surface area contributed by atoms with Crippen LogP contribution in [0.25, 0.3) is 11.2 Å². The molecule has 0 saturated heterocycles. The Morgan fingerprint density at radius 2 is 1.90 bits per heavy atom. The van der Waals surface area contributed by atoms with Crippen molar-refractivity contribution in [3.05, 3.63) is 24.5 Å². The van der Waals surface area contributed by atoms with Crippen LogP contribution in [0, 0.1) is 0 Å². The molecular weight excluding hydrogens is 316 g/mol. The van der Waals surface area contributed by atoms with Crippen LogP contribution in [0.2, 0.25) is 0 Å². The number of fused-ring (bicyclic) bond motifs is 1. The van der Waals surface area contributed by atoms with E-state index in [0.717, 1.165) is 28.9 Å². The van der Waals surface area contributed by atoms with Crippen LogP contribution in [0.4, 0.5) is 5.82 Å². The van der Waals surface area contributed by atoms with Gasteiger partial charge in [0.15, 0.2) is 5.65 Å². The predicted octanol–water partition coefficient (Wildman–Crippen LogP) is 3.56. The van der Waals surface area contributed by atoms with E-state index >= 15 is 0 Å². The van der Waals surface area contributed by atoms with Crippen LogP contribution >= 0.6 is 15.9 Å². The highest BCUT2D eigenvalue weighted by Gasteiger charge is 2.22. The molecule has 2 heterocycles. The summed E-state index contributed by atoms with van der Waals surface area (Å²) < 4.78 is 0. The lowest BCUT2D eigenvalue weighted by molar-refractivity contribution is 0.417. The van der Waals surface area contributed by atoms with E-state index in [1.807, 2.05) is 6.07 Å². The first-order valence-electron chi connectivity index (χ1n) is 7.29. The van der Waals surface area contributed by atoms with Gasteiger partial charge in [-0.3, -0.25) is 4.98 Å². The molecule has 0 amide bonds. The van der Waals surface area contributed by atoms with Gasteiger partial charge in [-0.2, -0.15) is 0 Å². The van der Waals surface area contributed by atoms with Crippen LogP contribution in [-0.4, -0.2) is 32.9 Å². The van der Waals surface area contributed by atoms with Crippen LogP contribution < -0.4 is 4.90 Å². The number of hydrogen-bond donors (Lipinski definition) is 0. The topological polar surface area (TPSA) is 41.9 Å². The van der Waals surface area contributed by atoms with Crippen molar-refractivity contribution < 1.29 is 0 Å². The molecule has 1 aliphatic rings. The second-order valence-corrected chi connectivity index (χ2v) is 6.04. The summed E-state index contributed by atoms with van der Waals surface area (Å²) in [5.41, 5.74) is 1.60. The first-order chi connectivity index (χ1) is 9.88. The third kappa shape index (κ3) is 2.92. The Morgan fingerprint density at radius 1 is 1.10 bits per heavy atom. The van der Waals surface area contributed by atoms with Crippen LogP contribution in [0.1, 0.15) is 32.1 Å². The van der Waals surface area contributed by atoms with Gasteiger partial charge in [0, 0.05) is 30.3 Å². The molecule has 0 radical (unpaired) electrons. The molecule has 1 aliphatic carbocycles. The minimum absolute atomic E-state index is 0.614. The average molecular weight is 335 g/mol. The van der Waals surface area contributed by atoms with Crippen molar-refractivity contribution in [2.45, 2.75) is 38.1 Å². The number of pyridine rings is 1. The molecule has 0 N–H and O–H groups in total. The van der Waals surface area contributed by atoms with E-state index in [1.165, 1.54) is 32.1 Å². The summed E-state index contributed by atoms with van der Waals surface area (Å²) in [7, 11) is 0. The van der Waals surface area contributed by atoms with E-state index in [-0.39, 0.29) is 0 Å². The maximum atomic E-state index is 4.70. The van der Waals surface area contributed by atoms with Gasteiger partial charge in [-0.1, -0.05) is 35.2 Å². The van der Waals surface area contributed by atoms with Crippen LogP contribution in [-0.2, 0) is 0 Å². The fraction of sp³-hybridized carbons (Fsp3) is 0.533. The SMILES string of the molecule is BrCCN(c1ccc2nccnc2n1)C1CCCCC1. The Bertz CT molecular complexity index is 569. The second kappa shape index (κ2) is 6.48. The first kappa shape index (κ1) is 13.7. The van der Waals surface area contributed by atoms with E-state index in [2.05, 4.69) is 36.9 Å². The number of halogens is 1. The smallest absolute Gasteiger partial charge is 0.180 e. The molecule has 2 aromatic rings. The van der Waals surface area contributed by atoms with Gasteiger partial charge < -0.3 is 4.90 Å². The lowest BCUT2D eigenvalue weighted by atomic mass is 9.94. The predicted molar refractivity (Wildman–Crippen MR) is 85.3 cm³/mol. The summed E-state index contributed by atoms with van der Waals surface area (Å²) in [6, 6.07) is 4.71. The quantitative estimate of drug-likeness (QED) is 0.801. The fourth-order valence-electron chi connectivity index (χ4n) is 2.97. The monoisotopic (exact) mass is 334 g/mol. The molecule has 1 saturated carbocycles. The number of rotatable bonds is 4. The Hall–Kier alpha value is -1.23. The molecule has 0 atom stereocenters.